The van der Waals surface area contributed by atoms with Gasteiger partial charge in [-0.2, -0.15) is 0 Å². The van der Waals surface area contributed by atoms with Gasteiger partial charge in [0, 0.05) is 11.1 Å². The van der Waals surface area contributed by atoms with E-state index in [9.17, 15) is 9.18 Å². The molecule has 3 nitrogen and oxygen atoms in total. The molecule has 0 bridgehead atoms. The molecule has 0 unspecified atom stereocenters. The number of methoxy groups -OCH3 is 1. The van der Waals surface area contributed by atoms with E-state index in [1.54, 1.807) is 31.2 Å². The molecule has 0 saturated heterocycles. The van der Waals surface area contributed by atoms with Gasteiger partial charge in [0.05, 0.1) is 12.8 Å². The van der Waals surface area contributed by atoms with Gasteiger partial charge in [0.1, 0.15) is 11.6 Å². The minimum Gasteiger partial charge on any atom is -0.495 e. The topological polar surface area (TPSA) is 52.3 Å². The third-order valence-corrected chi connectivity index (χ3v) is 2.97. The van der Waals surface area contributed by atoms with Crippen molar-refractivity contribution in [2.45, 2.75) is 6.92 Å². The number of nitrogens with two attached hydrogens (primary N) is 1. The summed E-state index contributed by atoms with van der Waals surface area (Å²) < 4.78 is 18.3. The van der Waals surface area contributed by atoms with Crippen LogP contribution < -0.4 is 10.5 Å². The molecule has 0 atom stereocenters. The smallest absolute Gasteiger partial charge is 0.195 e. The van der Waals surface area contributed by atoms with Crippen LogP contribution in [0.1, 0.15) is 21.5 Å². The highest BCUT2D eigenvalue weighted by molar-refractivity contribution is 6.13. The predicted octanol–water partition coefficient (Wildman–Crippen LogP) is 2.96. The Hall–Kier alpha value is -2.36. The fourth-order valence-corrected chi connectivity index (χ4v) is 1.90. The summed E-state index contributed by atoms with van der Waals surface area (Å²) in [6, 6.07) is 9.06. The molecule has 19 heavy (non-hydrogen) atoms. The second-order valence-corrected chi connectivity index (χ2v) is 4.21. The van der Waals surface area contributed by atoms with E-state index in [0.29, 0.717) is 22.4 Å². The van der Waals surface area contributed by atoms with Crippen molar-refractivity contribution in [2.75, 3.05) is 12.8 Å². The minimum atomic E-state index is -0.449. The van der Waals surface area contributed by atoms with E-state index in [1.807, 2.05) is 0 Å². The number of nitrogen functional groups attached to an aromatic ring is 1. The number of halogens is 1. The average Bonchev–Trinajstić information content (AvgIpc) is 2.41. The van der Waals surface area contributed by atoms with Gasteiger partial charge < -0.3 is 10.5 Å². The molecule has 0 fully saturated rings. The molecule has 0 aliphatic heterocycles. The summed E-state index contributed by atoms with van der Waals surface area (Å²) in [5, 5.41) is 0. The lowest BCUT2D eigenvalue weighted by Crippen LogP contribution is -2.08. The molecule has 2 aromatic rings. The monoisotopic (exact) mass is 259 g/mol. The van der Waals surface area contributed by atoms with Crippen molar-refractivity contribution in [1.82, 2.24) is 0 Å². The number of carbonyl (C=O) groups excluding carboxylic acids is 1. The fraction of sp³-hybridized carbons (Fsp3) is 0.133. The Kier molecular flexibility index (Phi) is 3.51. The Morgan fingerprint density at radius 1 is 1.21 bits per heavy atom. The van der Waals surface area contributed by atoms with Crippen molar-refractivity contribution in [3.63, 3.8) is 0 Å². The van der Waals surface area contributed by atoms with E-state index in [1.165, 1.54) is 19.2 Å². The maximum absolute atomic E-state index is 13.3. The zero-order valence-corrected chi connectivity index (χ0v) is 10.7. The highest BCUT2D eigenvalue weighted by Crippen LogP contribution is 2.27. The standard InChI is InChI=1S/C15H14FNO2/c1-9-6-7-10(16)8-12(9)15(18)11-4-3-5-13(19-2)14(11)17/h3-8H,17H2,1-2H3. The summed E-state index contributed by atoms with van der Waals surface area (Å²) in [4.78, 5) is 12.4. The van der Waals surface area contributed by atoms with Crippen LogP contribution in [0.4, 0.5) is 10.1 Å². The molecule has 98 valence electrons. The highest BCUT2D eigenvalue weighted by Gasteiger charge is 2.17. The normalized spacial score (nSPS) is 10.3. The number of anilines is 1. The Bertz CT molecular complexity index is 638. The van der Waals surface area contributed by atoms with Crippen LogP contribution in [-0.2, 0) is 0 Å². The van der Waals surface area contributed by atoms with E-state index in [0.717, 1.165) is 0 Å². The van der Waals surface area contributed by atoms with Gasteiger partial charge in [0.15, 0.2) is 5.78 Å². The fourth-order valence-electron chi connectivity index (χ4n) is 1.90. The maximum atomic E-state index is 13.3. The highest BCUT2D eigenvalue weighted by atomic mass is 19.1. The zero-order valence-electron chi connectivity index (χ0n) is 10.7. The molecule has 0 saturated carbocycles. The van der Waals surface area contributed by atoms with Crippen LogP contribution in [0.25, 0.3) is 0 Å². The van der Waals surface area contributed by atoms with Crippen molar-refractivity contribution in [3.05, 3.63) is 58.9 Å². The largest absolute Gasteiger partial charge is 0.495 e. The number of benzene rings is 2. The van der Waals surface area contributed by atoms with Gasteiger partial charge >= 0.3 is 0 Å². The lowest BCUT2D eigenvalue weighted by molar-refractivity contribution is 0.103. The first-order valence-electron chi connectivity index (χ1n) is 5.78. The molecule has 0 aliphatic rings. The van der Waals surface area contributed by atoms with Gasteiger partial charge in [-0.3, -0.25) is 4.79 Å². The maximum Gasteiger partial charge on any atom is 0.195 e. The second-order valence-electron chi connectivity index (χ2n) is 4.21. The average molecular weight is 259 g/mol. The summed E-state index contributed by atoms with van der Waals surface area (Å²) in [6.07, 6.45) is 0. The molecule has 0 radical (unpaired) electrons. The van der Waals surface area contributed by atoms with Gasteiger partial charge in [-0.15, -0.1) is 0 Å². The van der Waals surface area contributed by atoms with Crippen LogP contribution in [0.2, 0.25) is 0 Å². The Balaban J connectivity index is 2.53. The molecule has 2 rings (SSSR count). The number of ether oxygens (including phenoxy) is 1. The number of para-hydroxylation sites is 1. The third-order valence-electron chi connectivity index (χ3n) is 2.97. The van der Waals surface area contributed by atoms with Gasteiger partial charge in [-0.25, -0.2) is 4.39 Å². The molecular formula is C15H14FNO2. The van der Waals surface area contributed by atoms with E-state index < -0.39 is 5.82 Å². The molecule has 0 spiro atoms. The van der Waals surface area contributed by atoms with E-state index in [-0.39, 0.29) is 11.5 Å². The first kappa shape index (κ1) is 13.1. The van der Waals surface area contributed by atoms with E-state index >= 15 is 0 Å². The van der Waals surface area contributed by atoms with E-state index in [4.69, 9.17) is 10.5 Å². The van der Waals surface area contributed by atoms with Crippen molar-refractivity contribution >= 4 is 11.5 Å². The van der Waals surface area contributed by atoms with Gasteiger partial charge in [-0.05, 0) is 36.8 Å². The summed E-state index contributed by atoms with van der Waals surface area (Å²) in [7, 11) is 1.48. The lowest BCUT2D eigenvalue weighted by Gasteiger charge is -2.10. The number of rotatable bonds is 3. The van der Waals surface area contributed by atoms with Crippen molar-refractivity contribution in [3.8, 4) is 5.75 Å². The molecular weight excluding hydrogens is 245 g/mol. The van der Waals surface area contributed by atoms with Crippen LogP contribution >= 0.6 is 0 Å². The summed E-state index contributed by atoms with van der Waals surface area (Å²) in [5.74, 6) is -0.330. The Labute approximate surface area is 110 Å². The number of carbonyl (C=O) groups is 1. The van der Waals surface area contributed by atoms with Crippen molar-refractivity contribution in [2.24, 2.45) is 0 Å². The number of aryl methyl sites for hydroxylation is 1. The number of hydrogen-bond acceptors (Lipinski definition) is 3. The Morgan fingerprint density at radius 2 is 1.95 bits per heavy atom. The first-order chi connectivity index (χ1) is 9.04. The minimum absolute atomic E-state index is 0.263. The quantitative estimate of drug-likeness (QED) is 0.681. The molecule has 2 aromatic carbocycles. The summed E-state index contributed by atoms with van der Waals surface area (Å²) in [5.41, 5.74) is 7.46. The predicted molar refractivity (Wildman–Crippen MR) is 72.0 cm³/mol. The second kappa shape index (κ2) is 5.10. The molecule has 0 heterocycles. The van der Waals surface area contributed by atoms with Crippen molar-refractivity contribution in [1.29, 1.82) is 0 Å². The van der Waals surface area contributed by atoms with Crippen LogP contribution in [-0.4, -0.2) is 12.9 Å². The summed E-state index contributed by atoms with van der Waals surface area (Å²) >= 11 is 0. The van der Waals surface area contributed by atoms with Crippen LogP contribution in [0.15, 0.2) is 36.4 Å². The van der Waals surface area contributed by atoms with Gasteiger partial charge in [0.25, 0.3) is 0 Å². The summed E-state index contributed by atoms with van der Waals surface area (Å²) in [6.45, 7) is 1.75. The lowest BCUT2D eigenvalue weighted by atomic mass is 9.97. The van der Waals surface area contributed by atoms with E-state index in [2.05, 4.69) is 0 Å². The van der Waals surface area contributed by atoms with Crippen molar-refractivity contribution < 1.29 is 13.9 Å². The van der Waals surface area contributed by atoms with Crippen LogP contribution in [0.5, 0.6) is 5.75 Å². The number of ketones is 1. The zero-order chi connectivity index (χ0) is 14.0. The van der Waals surface area contributed by atoms with Gasteiger partial charge in [0.2, 0.25) is 0 Å². The molecule has 0 aliphatic carbocycles. The molecule has 2 N–H and O–H groups in total. The third kappa shape index (κ3) is 2.42. The molecule has 0 amide bonds. The first-order valence-corrected chi connectivity index (χ1v) is 5.78. The van der Waals surface area contributed by atoms with Crippen LogP contribution in [0.3, 0.4) is 0 Å². The Morgan fingerprint density at radius 3 is 2.63 bits per heavy atom. The van der Waals surface area contributed by atoms with Crippen LogP contribution in [0, 0.1) is 12.7 Å². The SMILES string of the molecule is COc1cccc(C(=O)c2cc(F)ccc2C)c1N. The molecule has 4 heteroatoms. The number of hydrogen-bond donors (Lipinski definition) is 1. The van der Waals surface area contributed by atoms with Gasteiger partial charge in [-0.1, -0.05) is 12.1 Å². The molecule has 0 aromatic heterocycles.